The second-order valence-electron chi connectivity index (χ2n) is 7.31. The minimum atomic E-state index is 0.353. The van der Waals surface area contributed by atoms with Crippen molar-refractivity contribution in [3.8, 4) is 0 Å². The molecule has 1 fully saturated rings. The normalized spacial score (nSPS) is 29.4. The van der Waals surface area contributed by atoms with Gasteiger partial charge in [-0.2, -0.15) is 0 Å². The average molecular weight is 272 g/mol. The maximum Gasteiger partial charge on any atom is 0.0375 e. The molecule has 2 aliphatic rings. The smallest absolute Gasteiger partial charge is 0.0375 e. The standard InChI is InChI=1S/C18H28N2/c1-18(2)11-10-14-7-4-5-9-16(14)17(18)19-13-15-8-6-12-20(15)3/h4-5,7,9,15,17,19H,6,8,10-13H2,1-3H3. The molecule has 3 rings (SSSR count). The molecular formula is C18H28N2. The highest BCUT2D eigenvalue weighted by atomic mass is 15.2. The molecule has 2 heteroatoms. The van der Waals surface area contributed by atoms with Crippen molar-refractivity contribution < 1.29 is 0 Å². The molecule has 1 aromatic carbocycles. The Hall–Kier alpha value is -0.860. The van der Waals surface area contributed by atoms with Crippen LogP contribution < -0.4 is 5.32 Å². The molecule has 2 nitrogen and oxygen atoms in total. The fraction of sp³-hybridized carbons (Fsp3) is 0.667. The van der Waals surface area contributed by atoms with Crippen LogP contribution in [0.5, 0.6) is 0 Å². The lowest BCUT2D eigenvalue weighted by atomic mass is 9.70. The van der Waals surface area contributed by atoms with Gasteiger partial charge in [0.05, 0.1) is 0 Å². The van der Waals surface area contributed by atoms with Crippen LogP contribution in [-0.4, -0.2) is 31.1 Å². The summed E-state index contributed by atoms with van der Waals surface area (Å²) in [7, 11) is 2.26. The van der Waals surface area contributed by atoms with Gasteiger partial charge in [-0.3, -0.25) is 0 Å². The maximum atomic E-state index is 3.90. The fourth-order valence-electron chi connectivity index (χ4n) is 3.94. The quantitative estimate of drug-likeness (QED) is 0.907. The van der Waals surface area contributed by atoms with Crippen molar-refractivity contribution in [2.75, 3.05) is 20.1 Å². The van der Waals surface area contributed by atoms with Gasteiger partial charge < -0.3 is 10.2 Å². The Morgan fingerprint density at radius 2 is 2.10 bits per heavy atom. The van der Waals surface area contributed by atoms with Crippen molar-refractivity contribution in [1.29, 1.82) is 0 Å². The van der Waals surface area contributed by atoms with E-state index in [-0.39, 0.29) is 0 Å². The third-order valence-electron chi connectivity index (χ3n) is 5.42. The molecule has 110 valence electrons. The summed E-state index contributed by atoms with van der Waals surface area (Å²) in [6, 6.07) is 10.2. The van der Waals surface area contributed by atoms with Gasteiger partial charge in [0.25, 0.3) is 0 Å². The van der Waals surface area contributed by atoms with Gasteiger partial charge in [0, 0.05) is 18.6 Å². The zero-order valence-electron chi connectivity index (χ0n) is 13.2. The lowest BCUT2D eigenvalue weighted by Gasteiger charge is -2.41. The molecule has 1 saturated heterocycles. The van der Waals surface area contributed by atoms with E-state index in [1.165, 1.54) is 37.8 Å². The molecule has 1 aliphatic carbocycles. The van der Waals surface area contributed by atoms with Crippen molar-refractivity contribution in [2.45, 2.75) is 51.6 Å². The minimum Gasteiger partial charge on any atom is -0.308 e. The first-order valence-electron chi connectivity index (χ1n) is 8.09. The highest BCUT2D eigenvalue weighted by Crippen LogP contribution is 2.43. The van der Waals surface area contributed by atoms with E-state index in [4.69, 9.17) is 0 Å². The molecular weight excluding hydrogens is 244 g/mol. The number of nitrogens with one attached hydrogen (secondary N) is 1. The van der Waals surface area contributed by atoms with E-state index in [0.29, 0.717) is 11.5 Å². The molecule has 2 atom stereocenters. The zero-order valence-corrected chi connectivity index (χ0v) is 13.2. The number of likely N-dealkylation sites (N-methyl/N-ethyl adjacent to an activating group) is 1. The van der Waals surface area contributed by atoms with E-state index in [2.05, 4.69) is 55.4 Å². The van der Waals surface area contributed by atoms with Gasteiger partial charge >= 0.3 is 0 Å². The molecule has 0 bridgehead atoms. The Labute approximate surface area is 123 Å². The number of rotatable bonds is 3. The molecule has 2 unspecified atom stereocenters. The van der Waals surface area contributed by atoms with Crippen LogP contribution in [0.15, 0.2) is 24.3 Å². The zero-order chi connectivity index (χ0) is 14.2. The Bertz CT molecular complexity index is 466. The van der Waals surface area contributed by atoms with Gasteiger partial charge in [-0.25, -0.2) is 0 Å². The average Bonchev–Trinajstić information content (AvgIpc) is 2.83. The summed E-state index contributed by atoms with van der Waals surface area (Å²) in [6.07, 6.45) is 5.21. The minimum absolute atomic E-state index is 0.353. The van der Waals surface area contributed by atoms with E-state index >= 15 is 0 Å². The Kier molecular flexibility index (Phi) is 3.87. The largest absolute Gasteiger partial charge is 0.308 e. The Morgan fingerprint density at radius 1 is 1.30 bits per heavy atom. The first kappa shape index (κ1) is 14.1. The van der Waals surface area contributed by atoms with Crippen molar-refractivity contribution in [1.82, 2.24) is 10.2 Å². The van der Waals surface area contributed by atoms with Crippen LogP contribution in [-0.2, 0) is 6.42 Å². The van der Waals surface area contributed by atoms with Crippen molar-refractivity contribution in [3.63, 3.8) is 0 Å². The summed E-state index contributed by atoms with van der Waals surface area (Å²) in [4.78, 5) is 2.51. The van der Waals surface area contributed by atoms with Crippen molar-refractivity contribution >= 4 is 0 Å². The van der Waals surface area contributed by atoms with Crippen LogP contribution in [0.2, 0.25) is 0 Å². The van der Waals surface area contributed by atoms with Crippen LogP contribution in [0.1, 0.15) is 50.3 Å². The first-order valence-corrected chi connectivity index (χ1v) is 8.09. The van der Waals surface area contributed by atoms with Crippen LogP contribution in [0.4, 0.5) is 0 Å². The first-order chi connectivity index (χ1) is 9.58. The maximum absolute atomic E-state index is 3.90. The SMILES string of the molecule is CN1CCCC1CNC1c2ccccc2CCC1(C)C. The van der Waals surface area contributed by atoms with E-state index in [1.807, 2.05) is 0 Å². The van der Waals surface area contributed by atoms with E-state index in [1.54, 1.807) is 5.56 Å². The number of hydrogen-bond donors (Lipinski definition) is 1. The third-order valence-corrected chi connectivity index (χ3v) is 5.42. The van der Waals surface area contributed by atoms with Gasteiger partial charge in [-0.1, -0.05) is 38.1 Å². The second kappa shape index (κ2) is 5.50. The van der Waals surface area contributed by atoms with Gasteiger partial charge in [0.1, 0.15) is 0 Å². The van der Waals surface area contributed by atoms with Gasteiger partial charge in [-0.15, -0.1) is 0 Å². The molecule has 20 heavy (non-hydrogen) atoms. The summed E-state index contributed by atoms with van der Waals surface area (Å²) in [5, 5.41) is 3.90. The van der Waals surface area contributed by atoms with Crippen LogP contribution >= 0.6 is 0 Å². The summed E-state index contributed by atoms with van der Waals surface area (Å²) in [5.41, 5.74) is 3.43. The molecule has 0 amide bonds. The van der Waals surface area contributed by atoms with Crippen LogP contribution in [0.25, 0.3) is 0 Å². The summed E-state index contributed by atoms with van der Waals surface area (Å²) in [6.45, 7) is 7.22. The molecule has 1 heterocycles. The van der Waals surface area contributed by atoms with E-state index in [9.17, 15) is 0 Å². The fourth-order valence-corrected chi connectivity index (χ4v) is 3.94. The molecule has 1 aliphatic heterocycles. The second-order valence-corrected chi connectivity index (χ2v) is 7.31. The molecule has 0 aromatic heterocycles. The highest BCUT2D eigenvalue weighted by Gasteiger charge is 2.36. The number of fused-ring (bicyclic) bond motifs is 1. The molecule has 0 radical (unpaired) electrons. The van der Waals surface area contributed by atoms with Gasteiger partial charge in [0.2, 0.25) is 0 Å². The summed E-state index contributed by atoms with van der Waals surface area (Å²) < 4.78 is 0. The number of benzene rings is 1. The number of aryl methyl sites for hydroxylation is 1. The number of likely N-dealkylation sites (tertiary alicyclic amines) is 1. The highest BCUT2D eigenvalue weighted by molar-refractivity contribution is 5.34. The Balaban J connectivity index is 1.76. The van der Waals surface area contributed by atoms with E-state index in [0.717, 1.165) is 12.6 Å². The van der Waals surface area contributed by atoms with Gasteiger partial charge in [-0.05, 0) is 55.8 Å². The van der Waals surface area contributed by atoms with Crippen molar-refractivity contribution in [3.05, 3.63) is 35.4 Å². The molecule has 0 saturated carbocycles. The molecule has 1 N–H and O–H groups in total. The number of hydrogen-bond acceptors (Lipinski definition) is 2. The number of nitrogens with zero attached hydrogens (tertiary/aromatic N) is 1. The summed E-state index contributed by atoms with van der Waals surface area (Å²) in [5.74, 6) is 0. The third kappa shape index (κ3) is 2.64. The van der Waals surface area contributed by atoms with Gasteiger partial charge in [0.15, 0.2) is 0 Å². The lowest BCUT2D eigenvalue weighted by molar-refractivity contribution is 0.192. The van der Waals surface area contributed by atoms with E-state index < -0.39 is 0 Å². The van der Waals surface area contributed by atoms with Crippen LogP contribution in [0.3, 0.4) is 0 Å². The lowest BCUT2D eigenvalue weighted by Crippen LogP contribution is -2.43. The summed E-state index contributed by atoms with van der Waals surface area (Å²) >= 11 is 0. The predicted octanol–water partition coefficient (Wildman–Crippen LogP) is 3.38. The van der Waals surface area contributed by atoms with Crippen molar-refractivity contribution in [2.24, 2.45) is 5.41 Å². The predicted molar refractivity (Wildman–Crippen MR) is 84.9 cm³/mol. The van der Waals surface area contributed by atoms with Crippen LogP contribution in [0, 0.1) is 5.41 Å². The monoisotopic (exact) mass is 272 g/mol. The Morgan fingerprint density at radius 3 is 2.85 bits per heavy atom. The molecule has 1 aromatic rings. The molecule has 0 spiro atoms. The topological polar surface area (TPSA) is 15.3 Å².